The third-order valence-corrected chi connectivity index (χ3v) is 2.99. The largest absolute Gasteiger partial charge is 0.497 e. The second kappa shape index (κ2) is 5.06. The number of nitrogens with one attached hydrogen (secondary N) is 1. The molecule has 1 aromatic carbocycles. The minimum Gasteiger partial charge on any atom is -0.497 e. The average Bonchev–Trinajstić information content (AvgIpc) is 2.72. The van der Waals surface area contributed by atoms with E-state index in [2.05, 4.69) is 4.98 Å². The van der Waals surface area contributed by atoms with Crippen LogP contribution < -0.4 is 9.47 Å². The number of hydrogen-bond acceptors (Lipinski definition) is 3. The molecular formula is C14H15NO4. The van der Waals surface area contributed by atoms with E-state index in [9.17, 15) is 4.79 Å². The zero-order valence-corrected chi connectivity index (χ0v) is 11.0. The van der Waals surface area contributed by atoms with Crippen LogP contribution in [0.2, 0.25) is 0 Å². The predicted octanol–water partition coefficient (Wildman–Crippen LogP) is 2.59. The van der Waals surface area contributed by atoms with Gasteiger partial charge in [0.2, 0.25) is 0 Å². The van der Waals surface area contributed by atoms with Crippen LogP contribution in [0.25, 0.3) is 17.0 Å². The summed E-state index contributed by atoms with van der Waals surface area (Å²) in [5.41, 5.74) is 2.51. The second-order valence-electron chi connectivity index (χ2n) is 4.09. The van der Waals surface area contributed by atoms with Gasteiger partial charge in [0.25, 0.3) is 0 Å². The molecule has 0 aliphatic heterocycles. The molecule has 0 saturated heterocycles. The van der Waals surface area contributed by atoms with E-state index in [1.165, 1.54) is 6.08 Å². The molecule has 100 valence electrons. The number of aromatic amines is 1. The number of aryl methyl sites for hydroxylation is 1. The van der Waals surface area contributed by atoms with Crippen molar-refractivity contribution in [3.8, 4) is 11.5 Å². The zero-order valence-electron chi connectivity index (χ0n) is 11.0. The first-order valence-electron chi connectivity index (χ1n) is 5.72. The first-order chi connectivity index (χ1) is 9.06. The predicted molar refractivity (Wildman–Crippen MR) is 72.8 cm³/mol. The molecule has 0 atom stereocenters. The number of aliphatic carboxylic acids is 1. The summed E-state index contributed by atoms with van der Waals surface area (Å²) < 4.78 is 10.5. The summed E-state index contributed by atoms with van der Waals surface area (Å²) in [4.78, 5) is 13.7. The van der Waals surface area contributed by atoms with Gasteiger partial charge in [-0.15, -0.1) is 0 Å². The summed E-state index contributed by atoms with van der Waals surface area (Å²) in [6, 6.07) is 3.67. The van der Waals surface area contributed by atoms with Crippen molar-refractivity contribution in [3.63, 3.8) is 0 Å². The van der Waals surface area contributed by atoms with Crippen molar-refractivity contribution in [3.05, 3.63) is 29.5 Å². The fourth-order valence-corrected chi connectivity index (χ4v) is 1.99. The number of aromatic nitrogens is 1. The Hall–Kier alpha value is -2.43. The Morgan fingerprint density at radius 2 is 2.05 bits per heavy atom. The Morgan fingerprint density at radius 1 is 1.32 bits per heavy atom. The zero-order chi connectivity index (χ0) is 14.0. The average molecular weight is 261 g/mol. The van der Waals surface area contributed by atoms with Crippen LogP contribution in [-0.4, -0.2) is 30.3 Å². The van der Waals surface area contributed by atoms with Gasteiger partial charge in [0, 0.05) is 23.2 Å². The van der Waals surface area contributed by atoms with Gasteiger partial charge in [0.05, 0.1) is 19.7 Å². The summed E-state index contributed by atoms with van der Waals surface area (Å²) in [6.45, 7) is 1.92. The molecule has 5 nitrogen and oxygen atoms in total. The first-order valence-corrected chi connectivity index (χ1v) is 5.72. The van der Waals surface area contributed by atoms with Crippen LogP contribution in [0.5, 0.6) is 11.5 Å². The van der Waals surface area contributed by atoms with Gasteiger partial charge in [-0.1, -0.05) is 0 Å². The van der Waals surface area contributed by atoms with Gasteiger partial charge in [-0.25, -0.2) is 4.79 Å². The highest BCUT2D eigenvalue weighted by molar-refractivity contribution is 5.94. The molecule has 0 bridgehead atoms. The van der Waals surface area contributed by atoms with E-state index in [1.54, 1.807) is 20.3 Å². The molecule has 2 rings (SSSR count). The molecule has 5 heteroatoms. The molecule has 0 aliphatic rings. The van der Waals surface area contributed by atoms with Crippen molar-refractivity contribution in [1.29, 1.82) is 0 Å². The Balaban J connectivity index is 2.65. The summed E-state index contributed by atoms with van der Waals surface area (Å²) in [7, 11) is 3.17. The summed E-state index contributed by atoms with van der Waals surface area (Å²) in [5, 5.41) is 9.62. The SMILES string of the molecule is COc1cc(OC)c2[nH]c(/C=C/C(=O)O)c(C)c2c1. The van der Waals surface area contributed by atoms with Crippen LogP contribution in [-0.2, 0) is 4.79 Å². The highest BCUT2D eigenvalue weighted by atomic mass is 16.5. The lowest BCUT2D eigenvalue weighted by atomic mass is 10.1. The molecule has 0 spiro atoms. The van der Waals surface area contributed by atoms with Gasteiger partial charge in [-0.3, -0.25) is 0 Å². The Bertz CT molecular complexity index is 655. The number of carboxylic acid groups (broad SMARTS) is 1. The molecule has 0 fully saturated rings. The number of hydrogen-bond donors (Lipinski definition) is 2. The monoisotopic (exact) mass is 261 g/mol. The number of benzene rings is 1. The molecular weight excluding hydrogens is 246 g/mol. The van der Waals surface area contributed by atoms with E-state index in [1.807, 2.05) is 13.0 Å². The number of methoxy groups -OCH3 is 2. The van der Waals surface area contributed by atoms with Crippen LogP contribution in [0.1, 0.15) is 11.3 Å². The summed E-state index contributed by atoms with van der Waals surface area (Å²) in [5.74, 6) is 0.371. The van der Waals surface area contributed by atoms with Crippen molar-refractivity contribution < 1.29 is 19.4 Å². The molecule has 2 N–H and O–H groups in total. The van der Waals surface area contributed by atoms with E-state index in [-0.39, 0.29) is 0 Å². The van der Waals surface area contributed by atoms with Crippen LogP contribution >= 0.6 is 0 Å². The summed E-state index contributed by atoms with van der Waals surface area (Å²) >= 11 is 0. The van der Waals surface area contributed by atoms with Crippen molar-refractivity contribution in [2.45, 2.75) is 6.92 Å². The van der Waals surface area contributed by atoms with Gasteiger partial charge in [-0.05, 0) is 24.6 Å². The third-order valence-electron chi connectivity index (χ3n) is 2.99. The lowest BCUT2D eigenvalue weighted by Crippen LogP contribution is -1.88. The maximum absolute atomic E-state index is 10.6. The van der Waals surface area contributed by atoms with Gasteiger partial charge in [0.15, 0.2) is 0 Å². The van der Waals surface area contributed by atoms with Crippen molar-refractivity contribution in [2.75, 3.05) is 14.2 Å². The fraction of sp³-hybridized carbons (Fsp3) is 0.214. The normalized spacial score (nSPS) is 11.1. The minimum atomic E-state index is -0.984. The van der Waals surface area contributed by atoms with Crippen molar-refractivity contribution >= 4 is 22.9 Å². The molecule has 1 heterocycles. The highest BCUT2D eigenvalue weighted by Gasteiger charge is 2.12. The van der Waals surface area contributed by atoms with Gasteiger partial charge in [-0.2, -0.15) is 0 Å². The topological polar surface area (TPSA) is 71.5 Å². The molecule has 0 unspecified atom stereocenters. The fourth-order valence-electron chi connectivity index (χ4n) is 1.99. The molecule has 0 saturated carbocycles. The maximum Gasteiger partial charge on any atom is 0.328 e. The number of ether oxygens (including phenoxy) is 2. The number of H-pyrrole nitrogens is 1. The van der Waals surface area contributed by atoms with E-state index < -0.39 is 5.97 Å². The first kappa shape index (κ1) is 13.0. The van der Waals surface area contributed by atoms with Crippen LogP contribution in [0.15, 0.2) is 18.2 Å². The quantitative estimate of drug-likeness (QED) is 0.830. The Morgan fingerprint density at radius 3 is 2.63 bits per heavy atom. The highest BCUT2D eigenvalue weighted by Crippen LogP contribution is 2.34. The third kappa shape index (κ3) is 2.40. The lowest BCUT2D eigenvalue weighted by molar-refractivity contribution is -0.131. The molecule has 1 aromatic heterocycles. The molecule has 0 amide bonds. The smallest absolute Gasteiger partial charge is 0.328 e. The van der Waals surface area contributed by atoms with Gasteiger partial charge >= 0.3 is 5.97 Å². The van der Waals surface area contributed by atoms with Crippen LogP contribution in [0.4, 0.5) is 0 Å². The maximum atomic E-state index is 10.6. The van der Waals surface area contributed by atoms with Crippen molar-refractivity contribution in [1.82, 2.24) is 4.98 Å². The summed E-state index contributed by atoms with van der Waals surface area (Å²) in [6.07, 6.45) is 2.63. The Labute approximate surface area is 110 Å². The van der Waals surface area contributed by atoms with E-state index in [0.717, 1.165) is 28.2 Å². The Kier molecular flexibility index (Phi) is 3.46. The number of carbonyl (C=O) groups is 1. The second-order valence-corrected chi connectivity index (χ2v) is 4.09. The van der Waals surface area contributed by atoms with Gasteiger partial charge in [0.1, 0.15) is 11.5 Å². The molecule has 19 heavy (non-hydrogen) atoms. The van der Waals surface area contributed by atoms with Crippen LogP contribution in [0.3, 0.4) is 0 Å². The van der Waals surface area contributed by atoms with Crippen LogP contribution in [0, 0.1) is 6.92 Å². The standard InChI is InChI=1S/C14H15NO4/c1-8-10-6-9(18-2)7-12(19-3)14(10)15-11(8)4-5-13(16)17/h4-7,15H,1-3H3,(H,16,17)/b5-4+. The molecule has 0 aliphatic carbocycles. The minimum absolute atomic E-state index is 0.660. The molecule has 0 radical (unpaired) electrons. The lowest BCUT2D eigenvalue weighted by Gasteiger charge is -2.05. The number of fused-ring (bicyclic) bond motifs is 1. The van der Waals surface area contributed by atoms with Crippen molar-refractivity contribution in [2.24, 2.45) is 0 Å². The van der Waals surface area contributed by atoms with Gasteiger partial charge < -0.3 is 19.6 Å². The number of rotatable bonds is 4. The molecule has 2 aromatic rings. The van der Waals surface area contributed by atoms with E-state index in [0.29, 0.717) is 11.5 Å². The number of carboxylic acids is 1. The van der Waals surface area contributed by atoms with E-state index in [4.69, 9.17) is 14.6 Å². The van der Waals surface area contributed by atoms with E-state index >= 15 is 0 Å².